The maximum absolute atomic E-state index is 9.40. The number of aromatic hydroxyl groups is 1. The molecule has 0 radical (unpaired) electrons. The van der Waals surface area contributed by atoms with E-state index in [2.05, 4.69) is 0 Å². The van der Waals surface area contributed by atoms with Crippen molar-refractivity contribution in [1.82, 2.24) is 0 Å². The molecule has 0 fully saturated rings. The first-order chi connectivity index (χ1) is 7.63. The summed E-state index contributed by atoms with van der Waals surface area (Å²) in [6.45, 7) is 0. The number of halogens is 1. The van der Waals surface area contributed by atoms with Gasteiger partial charge in [-0.2, -0.15) is 10.5 Å². The number of benzene rings is 1. The molecule has 0 aliphatic heterocycles. The van der Waals surface area contributed by atoms with Crippen LogP contribution in [0, 0.1) is 22.7 Å². The summed E-state index contributed by atoms with van der Waals surface area (Å²) in [5, 5.41) is 26.8. The number of phenolic OH excluding ortho intramolecular Hbond substituents is 1. The maximum Gasteiger partial charge on any atom is 0.179 e. The van der Waals surface area contributed by atoms with Crippen molar-refractivity contribution in [3.05, 3.63) is 28.3 Å². The molecule has 0 aliphatic rings. The van der Waals surface area contributed by atoms with E-state index in [1.807, 2.05) is 0 Å². The van der Waals surface area contributed by atoms with Crippen molar-refractivity contribution in [2.24, 2.45) is 0 Å². The Labute approximate surface area is 97.6 Å². The molecule has 0 heterocycles. The van der Waals surface area contributed by atoms with Gasteiger partial charge >= 0.3 is 0 Å². The van der Waals surface area contributed by atoms with Gasteiger partial charge in [-0.3, -0.25) is 0 Å². The predicted molar refractivity (Wildman–Crippen MR) is 58.9 cm³/mol. The highest BCUT2D eigenvalue weighted by molar-refractivity contribution is 6.33. The third-order valence-corrected chi connectivity index (χ3v) is 2.24. The van der Waals surface area contributed by atoms with Crippen LogP contribution in [0.2, 0.25) is 5.02 Å². The lowest BCUT2D eigenvalue weighted by atomic mass is 10.1. The molecule has 0 aliphatic carbocycles. The molecule has 0 bridgehead atoms. The van der Waals surface area contributed by atoms with Gasteiger partial charge in [-0.25, -0.2) is 0 Å². The lowest BCUT2D eigenvalue weighted by Gasteiger charge is -2.07. The van der Waals surface area contributed by atoms with Crippen molar-refractivity contribution in [3.63, 3.8) is 0 Å². The molecule has 0 saturated carbocycles. The molecule has 0 aromatic heterocycles. The monoisotopic (exact) mass is 234 g/mol. The van der Waals surface area contributed by atoms with Gasteiger partial charge in [-0.05, 0) is 23.8 Å². The molecule has 80 valence electrons. The Bertz CT molecular complexity index is 508. The number of phenols is 1. The minimum Gasteiger partial charge on any atom is -0.504 e. The zero-order valence-electron chi connectivity index (χ0n) is 8.36. The van der Waals surface area contributed by atoms with Crippen LogP contribution < -0.4 is 4.74 Å². The highest BCUT2D eigenvalue weighted by Gasteiger charge is 2.10. The average molecular weight is 235 g/mol. The number of rotatable bonds is 2. The summed E-state index contributed by atoms with van der Waals surface area (Å²) in [6, 6.07) is 6.31. The third-order valence-electron chi connectivity index (χ3n) is 1.85. The van der Waals surface area contributed by atoms with Gasteiger partial charge in [-0.1, -0.05) is 11.6 Å². The van der Waals surface area contributed by atoms with Crippen LogP contribution >= 0.6 is 11.6 Å². The fourth-order valence-corrected chi connectivity index (χ4v) is 1.40. The fourth-order valence-electron chi connectivity index (χ4n) is 1.11. The first-order valence-corrected chi connectivity index (χ1v) is 4.59. The minimum atomic E-state index is -0.0971. The van der Waals surface area contributed by atoms with E-state index in [-0.39, 0.29) is 22.1 Å². The molecule has 1 rings (SSSR count). The Hall–Kier alpha value is -2.17. The Morgan fingerprint density at radius 2 is 2.06 bits per heavy atom. The molecular formula is C11H7ClN2O2. The van der Waals surface area contributed by atoms with Gasteiger partial charge in [0.1, 0.15) is 17.7 Å². The van der Waals surface area contributed by atoms with E-state index in [0.717, 1.165) is 0 Å². The summed E-state index contributed by atoms with van der Waals surface area (Å²) in [5.41, 5.74) is 0.365. The number of nitriles is 2. The highest BCUT2D eigenvalue weighted by atomic mass is 35.5. The van der Waals surface area contributed by atoms with Gasteiger partial charge in [0, 0.05) is 0 Å². The second kappa shape index (κ2) is 5.06. The molecule has 5 heteroatoms. The molecule has 1 N–H and O–H groups in total. The molecule has 0 saturated heterocycles. The number of ether oxygens (including phenoxy) is 1. The van der Waals surface area contributed by atoms with Crippen molar-refractivity contribution < 1.29 is 9.84 Å². The molecular weight excluding hydrogens is 228 g/mol. The standard InChI is InChI=1S/C11H7ClN2O2/c1-16-11-9(15)3-2-8(10(11)12)4-7(5-13)6-14/h2-4,15H,1H3. The SMILES string of the molecule is COc1c(O)ccc(C=C(C#N)C#N)c1Cl. The molecule has 0 atom stereocenters. The normalized spacial score (nSPS) is 8.75. The third kappa shape index (κ3) is 2.25. The molecule has 0 unspecified atom stereocenters. The summed E-state index contributed by atoms with van der Waals surface area (Å²) in [5.74, 6) is 0.0192. The van der Waals surface area contributed by atoms with E-state index in [1.54, 1.807) is 12.1 Å². The van der Waals surface area contributed by atoms with Gasteiger partial charge in [0.25, 0.3) is 0 Å². The Morgan fingerprint density at radius 1 is 1.44 bits per heavy atom. The summed E-state index contributed by atoms with van der Waals surface area (Å²) in [6.07, 6.45) is 1.32. The second-order valence-corrected chi connectivity index (χ2v) is 3.18. The van der Waals surface area contributed by atoms with E-state index in [1.165, 1.54) is 25.3 Å². The predicted octanol–water partition coefficient (Wildman–Crippen LogP) is 2.48. The van der Waals surface area contributed by atoms with E-state index < -0.39 is 0 Å². The minimum absolute atomic E-state index is 0.0744. The lowest BCUT2D eigenvalue weighted by Crippen LogP contribution is -1.88. The van der Waals surface area contributed by atoms with E-state index in [4.69, 9.17) is 26.9 Å². The molecule has 0 amide bonds. The van der Waals surface area contributed by atoms with Gasteiger partial charge in [-0.15, -0.1) is 0 Å². The van der Waals surface area contributed by atoms with Crippen LogP contribution in [0.15, 0.2) is 17.7 Å². The first-order valence-electron chi connectivity index (χ1n) is 4.21. The van der Waals surface area contributed by atoms with Crippen molar-refractivity contribution >= 4 is 17.7 Å². The molecule has 1 aromatic rings. The van der Waals surface area contributed by atoms with E-state index in [0.29, 0.717) is 5.56 Å². The lowest BCUT2D eigenvalue weighted by molar-refractivity contribution is 0.373. The Morgan fingerprint density at radius 3 is 2.56 bits per heavy atom. The van der Waals surface area contributed by atoms with Gasteiger partial charge in [0.2, 0.25) is 0 Å². The molecule has 16 heavy (non-hydrogen) atoms. The number of hydrogen-bond donors (Lipinski definition) is 1. The number of allylic oxidation sites excluding steroid dienone is 1. The molecule has 0 spiro atoms. The van der Waals surface area contributed by atoms with Crippen LogP contribution in [0.5, 0.6) is 11.5 Å². The fraction of sp³-hybridized carbons (Fsp3) is 0.0909. The van der Waals surface area contributed by atoms with Crippen LogP contribution in [0.25, 0.3) is 6.08 Å². The van der Waals surface area contributed by atoms with Crippen molar-refractivity contribution in [3.8, 4) is 23.6 Å². The van der Waals surface area contributed by atoms with Crippen molar-refractivity contribution in [1.29, 1.82) is 10.5 Å². The largest absolute Gasteiger partial charge is 0.504 e. The summed E-state index contributed by atoms with van der Waals surface area (Å²) < 4.78 is 4.89. The molecule has 4 nitrogen and oxygen atoms in total. The quantitative estimate of drug-likeness (QED) is 0.798. The second-order valence-electron chi connectivity index (χ2n) is 2.80. The van der Waals surface area contributed by atoms with Crippen LogP contribution in [0.1, 0.15) is 5.56 Å². The van der Waals surface area contributed by atoms with Gasteiger partial charge in [0.15, 0.2) is 11.5 Å². The van der Waals surface area contributed by atoms with Crippen LogP contribution in [-0.4, -0.2) is 12.2 Å². The van der Waals surface area contributed by atoms with E-state index in [9.17, 15) is 5.11 Å². The Balaban J connectivity index is 3.35. The molecule has 1 aromatic carbocycles. The Kier molecular flexibility index (Phi) is 3.77. The topological polar surface area (TPSA) is 77.0 Å². The maximum atomic E-state index is 9.40. The summed E-state index contributed by atoms with van der Waals surface area (Å²) in [4.78, 5) is 0. The van der Waals surface area contributed by atoms with Crippen LogP contribution in [-0.2, 0) is 0 Å². The van der Waals surface area contributed by atoms with Crippen LogP contribution in [0.4, 0.5) is 0 Å². The zero-order valence-corrected chi connectivity index (χ0v) is 9.12. The summed E-state index contributed by atoms with van der Waals surface area (Å²) >= 11 is 5.92. The smallest absolute Gasteiger partial charge is 0.179 e. The average Bonchev–Trinajstić information content (AvgIpc) is 2.29. The number of nitrogens with zero attached hydrogens (tertiary/aromatic N) is 2. The number of methoxy groups -OCH3 is 1. The van der Waals surface area contributed by atoms with Crippen molar-refractivity contribution in [2.75, 3.05) is 7.11 Å². The van der Waals surface area contributed by atoms with E-state index >= 15 is 0 Å². The van der Waals surface area contributed by atoms with Gasteiger partial charge < -0.3 is 9.84 Å². The summed E-state index contributed by atoms with van der Waals surface area (Å²) in [7, 11) is 1.37. The highest BCUT2D eigenvalue weighted by Crippen LogP contribution is 2.37. The van der Waals surface area contributed by atoms with Crippen molar-refractivity contribution in [2.45, 2.75) is 0 Å². The number of hydrogen-bond acceptors (Lipinski definition) is 4. The van der Waals surface area contributed by atoms with Crippen LogP contribution in [0.3, 0.4) is 0 Å². The first kappa shape index (κ1) is 11.9. The van der Waals surface area contributed by atoms with Gasteiger partial charge in [0.05, 0.1) is 12.1 Å². The zero-order chi connectivity index (χ0) is 12.1.